The summed E-state index contributed by atoms with van der Waals surface area (Å²) >= 11 is 0. The molecule has 1 aliphatic carbocycles. The molecule has 1 fully saturated rings. The highest BCUT2D eigenvalue weighted by molar-refractivity contribution is 4.92. The molecule has 0 saturated heterocycles. The standard InChI is InChI=1S/C8H15N/c1-3-4-5-9-8-6-7(8)2/h3-4,7-9H,5-6H2,1-2H3/b4-3+. The van der Waals surface area contributed by atoms with Crippen LogP contribution in [0.2, 0.25) is 0 Å². The second-order valence-corrected chi connectivity index (χ2v) is 2.80. The van der Waals surface area contributed by atoms with Crippen molar-refractivity contribution in [3.05, 3.63) is 12.2 Å². The quantitative estimate of drug-likeness (QED) is 0.564. The molecule has 9 heavy (non-hydrogen) atoms. The lowest BCUT2D eigenvalue weighted by Crippen LogP contribution is -2.17. The first-order valence-corrected chi connectivity index (χ1v) is 3.69. The van der Waals surface area contributed by atoms with Crippen LogP contribution in [0.4, 0.5) is 0 Å². The number of hydrogen-bond acceptors (Lipinski definition) is 1. The zero-order valence-corrected chi connectivity index (χ0v) is 6.22. The van der Waals surface area contributed by atoms with Crippen LogP contribution in [0.1, 0.15) is 20.3 Å². The summed E-state index contributed by atoms with van der Waals surface area (Å²) < 4.78 is 0. The van der Waals surface area contributed by atoms with Crippen LogP contribution < -0.4 is 5.32 Å². The van der Waals surface area contributed by atoms with Gasteiger partial charge in [0.25, 0.3) is 0 Å². The molecule has 2 unspecified atom stereocenters. The smallest absolute Gasteiger partial charge is 0.0137 e. The molecule has 0 aromatic rings. The van der Waals surface area contributed by atoms with E-state index in [1.807, 2.05) is 0 Å². The van der Waals surface area contributed by atoms with E-state index >= 15 is 0 Å². The lowest BCUT2D eigenvalue weighted by molar-refractivity contribution is 0.704. The monoisotopic (exact) mass is 125 g/mol. The molecule has 0 bridgehead atoms. The average molecular weight is 125 g/mol. The van der Waals surface area contributed by atoms with E-state index < -0.39 is 0 Å². The van der Waals surface area contributed by atoms with Crippen LogP contribution in [0.15, 0.2) is 12.2 Å². The van der Waals surface area contributed by atoms with Crippen molar-refractivity contribution in [3.63, 3.8) is 0 Å². The second kappa shape index (κ2) is 3.02. The molecule has 1 saturated carbocycles. The predicted molar refractivity (Wildman–Crippen MR) is 40.4 cm³/mol. The molecule has 0 radical (unpaired) electrons. The molecule has 1 aliphatic rings. The molecule has 1 N–H and O–H groups in total. The van der Waals surface area contributed by atoms with Crippen molar-refractivity contribution in [1.82, 2.24) is 5.32 Å². The summed E-state index contributed by atoms with van der Waals surface area (Å²) in [7, 11) is 0. The van der Waals surface area contributed by atoms with Crippen molar-refractivity contribution in [3.8, 4) is 0 Å². The van der Waals surface area contributed by atoms with Crippen LogP contribution in [0.25, 0.3) is 0 Å². The maximum absolute atomic E-state index is 3.42. The number of rotatable bonds is 3. The third-order valence-corrected chi connectivity index (χ3v) is 1.84. The summed E-state index contributed by atoms with van der Waals surface area (Å²) in [5, 5.41) is 3.42. The number of allylic oxidation sites excluding steroid dienone is 1. The average Bonchev–Trinajstić information content (AvgIpc) is 2.48. The Balaban J connectivity index is 1.94. The van der Waals surface area contributed by atoms with Gasteiger partial charge in [-0.3, -0.25) is 0 Å². The SMILES string of the molecule is C/C=C/CNC1CC1C. The van der Waals surface area contributed by atoms with Gasteiger partial charge in [-0.25, -0.2) is 0 Å². The Morgan fingerprint density at radius 1 is 1.67 bits per heavy atom. The van der Waals surface area contributed by atoms with Gasteiger partial charge in [-0.05, 0) is 19.3 Å². The number of nitrogens with one attached hydrogen (secondary N) is 1. The van der Waals surface area contributed by atoms with Gasteiger partial charge in [0.1, 0.15) is 0 Å². The third-order valence-electron chi connectivity index (χ3n) is 1.84. The molecule has 0 aromatic heterocycles. The van der Waals surface area contributed by atoms with E-state index in [1.165, 1.54) is 6.42 Å². The van der Waals surface area contributed by atoms with Crippen LogP contribution in [-0.4, -0.2) is 12.6 Å². The molecular formula is C8H15N. The van der Waals surface area contributed by atoms with Crippen molar-refractivity contribution >= 4 is 0 Å². The highest BCUT2D eigenvalue weighted by atomic mass is 15.0. The second-order valence-electron chi connectivity index (χ2n) is 2.80. The summed E-state index contributed by atoms with van der Waals surface area (Å²) in [6.07, 6.45) is 5.61. The first-order valence-electron chi connectivity index (χ1n) is 3.69. The molecule has 52 valence electrons. The van der Waals surface area contributed by atoms with Crippen molar-refractivity contribution in [1.29, 1.82) is 0 Å². The molecule has 2 atom stereocenters. The van der Waals surface area contributed by atoms with Crippen LogP contribution in [0, 0.1) is 5.92 Å². The first kappa shape index (κ1) is 6.81. The topological polar surface area (TPSA) is 12.0 Å². The van der Waals surface area contributed by atoms with E-state index in [0.29, 0.717) is 0 Å². The van der Waals surface area contributed by atoms with Gasteiger partial charge in [-0.1, -0.05) is 19.1 Å². The number of hydrogen-bond donors (Lipinski definition) is 1. The van der Waals surface area contributed by atoms with Crippen molar-refractivity contribution < 1.29 is 0 Å². The molecule has 0 amide bonds. The van der Waals surface area contributed by atoms with Crippen molar-refractivity contribution in [2.45, 2.75) is 26.3 Å². The zero-order chi connectivity index (χ0) is 6.69. The normalized spacial score (nSPS) is 33.6. The summed E-state index contributed by atoms with van der Waals surface area (Å²) in [4.78, 5) is 0. The van der Waals surface area contributed by atoms with E-state index in [0.717, 1.165) is 18.5 Å². The van der Waals surface area contributed by atoms with Gasteiger partial charge in [0, 0.05) is 12.6 Å². The van der Waals surface area contributed by atoms with Gasteiger partial charge in [0.2, 0.25) is 0 Å². The lowest BCUT2D eigenvalue weighted by atomic mass is 10.4. The fraction of sp³-hybridized carbons (Fsp3) is 0.750. The fourth-order valence-corrected chi connectivity index (χ4v) is 0.944. The van der Waals surface area contributed by atoms with Crippen LogP contribution in [-0.2, 0) is 0 Å². The van der Waals surface area contributed by atoms with Gasteiger partial charge in [0.05, 0.1) is 0 Å². The minimum absolute atomic E-state index is 0.821. The Kier molecular flexibility index (Phi) is 2.29. The maximum Gasteiger partial charge on any atom is 0.0137 e. The van der Waals surface area contributed by atoms with Gasteiger partial charge in [-0.15, -0.1) is 0 Å². The Morgan fingerprint density at radius 3 is 2.78 bits per heavy atom. The summed E-state index contributed by atoms with van der Waals surface area (Å²) in [6, 6.07) is 0.821. The molecule has 0 heterocycles. The third kappa shape index (κ3) is 2.19. The largest absolute Gasteiger partial charge is 0.310 e. The van der Waals surface area contributed by atoms with Crippen LogP contribution in [0.5, 0.6) is 0 Å². The molecule has 1 rings (SSSR count). The fourth-order valence-electron chi connectivity index (χ4n) is 0.944. The van der Waals surface area contributed by atoms with Crippen molar-refractivity contribution in [2.24, 2.45) is 5.92 Å². The predicted octanol–water partition coefficient (Wildman–Crippen LogP) is 1.56. The van der Waals surface area contributed by atoms with Gasteiger partial charge in [0.15, 0.2) is 0 Å². The highest BCUT2D eigenvalue weighted by Gasteiger charge is 2.30. The summed E-state index contributed by atoms with van der Waals surface area (Å²) in [5.74, 6) is 0.926. The first-order chi connectivity index (χ1) is 4.34. The molecule has 0 aliphatic heterocycles. The van der Waals surface area contributed by atoms with Gasteiger partial charge in [-0.2, -0.15) is 0 Å². The Bertz CT molecular complexity index is 107. The molecule has 1 nitrogen and oxygen atoms in total. The van der Waals surface area contributed by atoms with E-state index in [4.69, 9.17) is 0 Å². The van der Waals surface area contributed by atoms with Gasteiger partial charge >= 0.3 is 0 Å². The molecule has 0 aromatic carbocycles. The van der Waals surface area contributed by atoms with E-state index in [1.54, 1.807) is 0 Å². The Hall–Kier alpha value is -0.300. The lowest BCUT2D eigenvalue weighted by Gasteiger charge is -1.94. The Labute approximate surface area is 57.1 Å². The van der Waals surface area contributed by atoms with Crippen molar-refractivity contribution in [2.75, 3.05) is 6.54 Å². The van der Waals surface area contributed by atoms with Crippen LogP contribution in [0.3, 0.4) is 0 Å². The van der Waals surface area contributed by atoms with E-state index in [-0.39, 0.29) is 0 Å². The maximum atomic E-state index is 3.42. The highest BCUT2D eigenvalue weighted by Crippen LogP contribution is 2.28. The Morgan fingerprint density at radius 2 is 2.33 bits per heavy atom. The minimum atomic E-state index is 0.821. The minimum Gasteiger partial charge on any atom is -0.310 e. The molecular weight excluding hydrogens is 110 g/mol. The van der Waals surface area contributed by atoms with Gasteiger partial charge < -0.3 is 5.32 Å². The molecule has 1 heteroatoms. The van der Waals surface area contributed by atoms with E-state index in [2.05, 4.69) is 31.3 Å². The summed E-state index contributed by atoms with van der Waals surface area (Å²) in [6.45, 7) is 5.39. The summed E-state index contributed by atoms with van der Waals surface area (Å²) in [5.41, 5.74) is 0. The molecule has 0 spiro atoms. The van der Waals surface area contributed by atoms with Crippen LogP contribution >= 0.6 is 0 Å². The zero-order valence-electron chi connectivity index (χ0n) is 6.22. The van der Waals surface area contributed by atoms with E-state index in [9.17, 15) is 0 Å².